The van der Waals surface area contributed by atoms with Gasteiger partial charge in [0.2, 0.25) is 9.70 Å². The van der Waals surface area contributed by atoms with Crippen molar-refractivity contribution in [3.8, 4) is 0 Å². The van der Waals surface area contributed by atoms with Crippen LogP contribution in [0, 0.1) is 0 Å². The summed E-state index contributed by atoms with van der Waals surface area (Å²) in [6, 6.07) is 9.81. The average Bonchev–Trinajstić information content (AvgIpc) is 3.09. The van der Waals surface area contributed by atoms with Gasteiger partial charge in [-0.15, -0.1) is 0 Å². The Labute approximate surface area is 175 Å². The number of hydrogen-bond donors (Lipinski definition) is 4. The van der Waals surface area contributed by atoms with Crippen LogP contribution in [0.3, 0.4) is 0 Å². The smallest absolute Gasteiger partial charge is 0.288 e. The van der Waals surface area contributed by atoms with Crippen LogP contribution in [-0.4, -0.2) is 26.9 Å². The van der Waals surface area contributed by atoms with E-state index in [9.17, 15) is 9.59 Å². The third-order valence-electron chi connectivity index (χ3n) is 3.09. The van der Waals surface area contributed by atoms with Crippen LogP contribution >= 0.6 is 47.0 Å². The molecule has 7 nitrogen and oxygen atoms in total. The summed E-state index contributed by atoms with van der Waals surface area (Å²) in [5, 5.41) is 10.9. The van der Waals surface area contributed by atoms with Crippen LogP contribution in [0.5, 0.6) is 0 Å². The van der Waals surface area contributed by atoms with Crippen molar-refractivity contribution in [2.45, 2.75) is 16.9 Å². The third-order valence-corrected chi connectivity index (χ3v) is 3.96. The van der Waals surface area contributed by atoms with Gasteiger partial charge in [0.15, 0.2) is 10.9 Å². The van der Waals surface area contributed by atoms with E-state index in [2.05, 4.69) is 21.3 Å². The summed E-state index contributed by atoms with van der Waals surface area (Å²) in [6.45, 7) is 1.42. The lowest BCUT2D eigenvalue weighted by molar-refractivity contribution is -0.114. The van der Waals surface area contributed by atoms with Crippen molar-refractivity contribution in [1.29, 1.82) is 0 Å². The Morgan fingerprint density at radius 2 is 1.63 bits per heavy atom. The van der Waals surface area contributed by atoms with Gasteiger partial charge in [-0.3, -0.25) is 9.59 Å². The molecular formula is C16H15Cl3N4O3S. The number of carbonyl (C=O) groups is 2. The normalized spacial score (nSPS) is 12.0. The Morgan fingerprint density at radius 3 is 2.11 bits per heavy atom. The molecule has 1 atom stereocenters. The lowest BCUT2D eigenvalue weighted by Gasteiger charge is -2.27. The predicted octanol–water partition coefficient (Wildman–Crippen LogP) is 3.65. The predicted molar refractivity (Wildman–Crippen MR) is 110 cm³/mol. The molecule has 1 heterocycles. The number of anilines is 2. The number of nitrogens with one attached hydrogen (secondary N) is 4. The van der Waals surface area contributed by atoms with E-state index in [0.717, 1.165) is 0 Å². The minimum Gasteiger partial charge on any atom is -0.459 e. The van der Waals surface area contributed by atoms with Gasteiger partial charge in [0.05, 0.1) is 6.26 Å². The van der Waals surface area contributed by atoms with Crippen molar-refractivity contribution in [1.82, 2.24) is 10.6 Å². The molecular weight excluding hydrogens is 435 g/mol. The monoisotopic (exact) mass is 448 g/mol. The van der Waals surface area contributed by atoms with Crippen LogP contribution < -0.4 is 21.3 Å². The molecule has 0 aliphatic heterocycles. The maximum absolute atomic E-state index is 12.1. The number of rotatable bonds is 5. The van der Waals surface area contributed by atoms with Gasteiger partial charge in [0, 0.05) is 18.3 Å². The highest BCUT2D eigenvalue weighted by atomic mass is 35.6. The molecule has 0 bridgehead atoms. The number of amides is 2. The van der Waals surface area contributed by atoms with E-state index >= 15 is 0 Å². The zero-order valence-corrected chi connectivity index (χ0v) is 17.0. The molecule has 27 heavy (non-hydrogen) atoms. The first kappa shape index (κ1) is 21.3. The van der Waals surface area contributed by atoms with Gasteiger partial charge in [-0.05, 0) is 48.6 Å². The van der Waals surface area contributed by atoms with E-state index in [4.69, 9.17) is 51.4 Å². The highest BCUT2D eigenvalue weighted by Crippen LogP contribution is 2.29. The molecule has 2 aromatic rings. The molecule has 0 aliphatic rings. The standard InChI is InChI=1S/C16H15Cl3N4O3S/c1-9(24)20-10-4-6-11(7-5-10)21-15(27)23-14(16(17,18)19)22-13(25)12-3-2-8-26-12/h2-8,14H,1H3,(H,20,24)(H,22,25)(H2,21,23,27)/t14-/m0/s1. The van der Waals surface area contributed by atoms with Gasteiger partial charge >= 0.3 is 0 Å². The Bertz CT molecular complexity index is 807. The lowest BCUT2D eigenvalue weighted by Crippen LogP contribution is -2.56. The Balaban J connectivity index is 1.99. The van der Waals surface area contributed by atoms with Gasteiger partial charge in [-0.1, -0.05) is 34.8 Å². The SMILES string of the molecule is CC(=O)Nc1ccc(NC(=S)N[C@H](NC(=O)c2ccco2)C(Cl)(Cl)Cl)cc1. The Hall–Kier alpha value is -2.00. The number of thiocarbonyl (C=S) groups is 1. The Kier molecular flexibility index (Phi) is 7.32. The molecule has 1 aromatic heterocycles. The maximum atomic E-state index is 12.1. The van der Waals surface area contributed by atoms with Gasteiger partial charge in [-0.25, -0.2) is 0 Å². The van der Waals surface area contributed by atoms with Gasteiger partial charge in [-0.2, -0.15) is 0 Å². The van der Waals surface area contributed by atoms with E-state index in [1.165, 1.54) is 19.3 Å². The number of furan rings is 1. The molecule has 0 aliphatic carbocycles. The van der Waals surface area contributed by atoms with Crippen molar-refractivity contribution in [2.75, 3.05) is 10.6 Å². The van der Waals surface area contributed by atoms with Crippen LogP contribution in [0.4, 0.5) is 11.4 Å². The minimum absolute atomic E-state index is 0.0588. The van der Waals surface area contributed by atoms with E-state index in [-0.39, 0.29) is 16.8 Å². The van der Waals surface area contributed by atoms with Crippen LogP contribution in [-0.2, 0) is 4.79 Å². The highest BCUT2D eigenvalue weighted by Gasteiger charge is 2.35. The van der Waals surface area contributed by atoms with Crippen LogP contribution in [0.2, 0.25) is 0 Å². The van der Waals surface area contributed by atoms with Crippen LogP contribution in [0.1, 0.15) is 17.5 Å². The first-order valence-electron chi connectivity index (χ1n) is 7.51. The topological polar surface area (TPSA) is 95.4 Å². The summed E-state index contributed by atoms with van der Waals surface area (Å²) in [6.07, 6.45) is 0.225. The second-order valence-corrected chi connectivity index (χ2v) is 8.06. The number of carbonyl (C=O) groups excluding carboxylic acids is 2. The molecule has 0 spiro atoms. The molecule has 0 unspecified atom stereocenters. The van der Waals surface area contributed by atoms with E-state index in [0.29, 0.717) is 11.4 Å². The van der Waals surface area contributed by atoms with Crippen molar-refractivity contribution in [2.24, 2.45) is 0 Å². The summed E-state index contributed by atoms with van der Waals surface area (Å²) in [5.41, 5.74) is 1.26. The molecule has 2 rings (SSSR count). The van der Waals surface area contributed by atoms with E-state index < -0.39 is 15.9 Å². The zero-order chi connectivity index (χ0) is 20.0. The van der Waals surface area contributed by atoms with Crippen LogP contribution in [0.15, 0.2) is 47.1 Å². The number of hydrogen-bond acceptors (Lipinski definition) is 4. The van der Waals surface area contributed by atoms with Crippen molar-refractivity contribution in [3.05, 3.63) is 48.4 Å². The van der Waals surface area contributed by atoms with Crippen molar-refractivity contribution < 1.29 is 14.0 Å². The summed E-state index contributed by atoms with van der Waals surface area (Å²) in [4.78, 5) is 23.1. The quantitative estimate of drug-likeness (QED) is 0.316. The minimum atomic E-state index is -1.89. The number of alkyl halides is 3. The second kappa shape index (κ2) is 9.27. The van der Waals surface area contributed by atoms with Gasteiger partial charge in [0.1, 0.15) is 6.17 Å². The zero-order valence-electron chi connectivity index (χ0n) is 13.9. The fraction of sp³-hybridized carbons (Fsp3) is 0.188. The molecule has 0 radical (unpaired) electrons. The van der Waals surface area contributed by atoms with Crippen molar-refractivity contribution in [3.63, 3.8) is 0 Å². The highest BCUT2D eigenvalue weighted by molar-refractivity contribution is 7.80. The largest absolute Gasteiger partial charge is 0.459 e. The molecule has 1 aromatic carbocycles. The Morgan fingerprint density at radius 1 is 1.04 bits per heavy atom. The average molecular weight is 450 g/mol. The molecule has 0 saturated heterocycles. The molecule has 11 heteroatoms. The van der Waals surface area contributed by atoms with Crippen molar-refractivity contribution >= 4 is 75.3 Å². The molecule has 0 fully saturated rings. The van der Waals surface area contributed by atoms with Gasteiger partial charge in [0.25, 0.3) is 5.91 Å². The molecule has 2 amide bonds. The summed E-state index contributed by atoms with van der Waals surface area (Å²) in [5.74, 6) is -0.694. The van der Waals surface area contributed by atoms with Crippen LogP contribution in [0.25, 0.3) is 0 Å². The third kappa shape index (κ3) is 6.91. The molecule has 4 N–H and O–H groups in total. The fourth-order valence-corrected chi connectivity index (χ4v) is 2.51. The summed E-state index contributed by atoms with van der Waals surface area (Å²) < 4.78 is 3.11. The summed E-state index contributed by atoms with van der Waals surface area (Å²) in [7, 11) is 0. The maximum Gasteiger partial charge on any atom is 0.288 e. The second-order valence-electron chi connectivity index (χ2n) is 5.28. The first-order valence-corrected chi connectivity index (χ1v) is 9.05. The number of benzene rings is 1. The first-order chi connectivity index (χ1) is 12.6. The fourth-order valence-electron chi connectivity index (χ4n) is 1.95. The van der Waals surface area contributed by atoms with E-state index in [1.54, 1.807) is 30.3 Å². The van der Waals surface area contributed by atoms with Gasteiger partial charge < -0.3 is 25.7 Å². The molecule has 0 saturated carbocycles. The summed E-state index contributed by atoms with van der Waals surface area (Å²) >= 11 is 22.9. The lowest BCUT2D eigenvalue weighted by atomic mass is 10.3. The molecule has 144 valence electrons. The number of halogens is 3. The van der Waals surface area contributed by atoms with E-state index in [1.807, 2.05) is 0 Å².